The van der Waals surface area contributed by atoms with E-state index in [4.69, 9.17) is 14.2 Å². The molecule has 0 heterocycles. The third-order valence-electron chi connectivity index (χ3n) is 4.31. The van der Waals surface area contributed by atoms with Crippen LogP contribution in [-0.4, -0.2) is 36.7 Å². The number of rotatable bonds is 9. The fourth-order valence-electron chi connectivity index (χ4n) is 2.67. The first-order valence-corrected chi connectivity index (χ1v) is 10.5. The van der Waals surface area contributed by atoms with Crippen molar-refractivity contribution >= 4 is 39.7 Å². The zero-order valence-electron chi connectivity index (χ0n) is 17.8. The fourth-order valence-corrected chi connectivity index (χ4v) is 3.01. The van der Waals surface area contributed by atoms with Crippen LogP contribution in [0.3, 0.4) is 0 Å². The van der Waals surface area contributed by atoms with E-state index in [1.54, 1.807) is 42.5 Å². The van der Waals surface area contributed by atoms with Crippen molar-refractivity contribution in [2.75, 3.05) is 13.7 Å². The van der Waals surface area contributed by atoms with Crippen molar-refractivity contribution in [3.63, 3.8) is 0 Å². The second kappa shape index (κ2) is 11.6. The Morgan fingerprint density at radius 2 is 1.79 bits per heavy atom. The normalized spacial score (nSPS) is 10.5. The number of nitro groups is 1. The van der Waals surface area contributed by atoms with Crippen LogP contribution in [0.4, 0.5) is 5.69 Å². The first-order valence-electron chi connectivity index (χ1n) is 9.71. The highest BCUT2D eigenvalue weighted by Gasteiger charge is 2.13. The van der Waals surface area contributed by atoms with Crippen LogP contribution in [0.1, 0.15) is 15.9 Å². The summed E-state index contributed by atoms with van der Waals surface area (Å²) in [6.07, 6.45) is 1.32. The van der Waals surface area contributed by atoms with E-state index in [1.807, 2.05) is 0 Å². The molecule has 0 saturated heterocycles. The van der Waals surface area contributed by atoms with Crippen LogP contribution in [0.5, 0.6) is 17.2 Å². The molecular formula is C23H18BrN3O7. The number of methoxy groups -OCH3 is 1. The molecule has 1 N–H and O–H groups in total. The lowest BCUT2D eigenvalue weighted by Crippen LogP contribution is -2.24. The maximum absolute atomic E-state index is 12.4. The Morgan fingerprint density at radius 1 is 1.06 bits per heavy atom. The van der Waals surface area contributed by atoms with Crippen molar-refractivity contribution in [3.8, 4) is 17.2 Å². The number of nitrogens with zero attached hydrogens (tertiary/aromatic N) is 2. The van der Waals surface area contributed by atoms with Gasteiger partial charge in [0.25, 0.3) is 11.6 Å². The molecule has 174 valence electrons. The van der Waals surface area contributed by atoms with Crippen molar-refractivity contribution in [2.45, 2.75) is 0 Å². The van der Waals surface area contributed by atoms with Crippen LogP contribution in [0, 0.1) is 10.1 Å². The molecule has 3 aromatic carbocycles. The second-order valence-corrected chi connectivity index (χ2v) is 7.52. The van der Waals surface area contributed by atoms with Gasteiger partial charge in [-0.15, -0.1) is 0 Å². The molecule has 0 fully saturated rings. The minimum absolute atomic E-state index is 0.137. The van der Waals surface area contributed by atoms with Gasteiger partial charge in [-0.2, -0.15) is 5.10 Å². The molecule has 10 nitrogen and oxygen atoms in total. The Labute approximate surface area is 202 Å². The van der Waals surface area contributed by atoms with Crippen LogP contribution in [0.25, 0.3) is 0 Å². The lowest BCUT2D eigenvalue weighted by molar-refractivity contribution is -0.384. The summed E-state index contributed by atoms with van der Waals surface area (Å²) in [5.74, 6) is -0.152. The SMILES string of the molecule is COc1cc(Br)ccc1OCC(=O)N/N=C\c1ccccc1OC(=O)c1ccc([N+](=O)[O-])cc1. The van der Waals surface area contributed by atoms with Crippen molar-refractivity contribution in [1.82, 2.24) is 5.43 Å². The minimum Gasteiger partial charge on any atom is -0.493 e. The summed E-state index contributed by atoms with van der Waals surface area (Å²) in [4.78, 5) is 34.6. The number of carbonyl (C=O) groups is 2. The molecule has 1 amide bonds. The molecule has 0 unspecified atom stereocenters. The summed E-state index contributed by atoms with van der Waals surface area (Å²) in [6, 6.07) is 16.7. The van der Waals surface area contributed by atoms with Crippen molar-refractivity contribution in [2.24, 2.45) is 5.10 Å². The zero-order chi connectivity index (χ0) is 24.5. The van der Waals surface area contributed by atoms with Crippen LogP contribution in [0.15, 0.2) is 76.3 Å². The van der Waals surface area contributed by atoms with Gasteiger partial charge in [0, 0.05) is 22.2 Å². The average Bonchev–Trinajstić information content (AvgIpc) is 2.84. The van der Waals surface area contributed by atoms with Gasteiger partial charge in [-0.1, -0.05) is 28.1 Å². The van der Waals surface area contributed by atoms with Gasteiger partial charge >= 0.3 is 5.97 Å². The van der Waals surface area contributed by atoms with E-state index in [1.165, 1.54) is 37.6 Å². The Kier molecular flexibility index (Phi) is 8.30. The summed E-state index contributed by atoms with van der Waals surface area (Å²) >= 11 is 3.33. The maximum atomic E-state index is 12.4. The molecule has 11 heteroatoms. The van der Waals surface area contributed by atoms with Gasteiger partial charge in [-0.25, -0.2) is 10.2 Å². The van der Waals surface area contributed by atoms with Gasteiger partial charge in [0.2, 0.25) is 0 Å². The molecule has 0 bridgehead atoms. The lowest BCUT2D eigenvalue weighted by Gasteiger charge is -2.10. The van der Waals surface area contributed by atoms with Crippen molar-refractivity contribution < 1.29 is 28.7 Å². The highest BCUT2D eigenvalue weighted by molar-refractivity contribution is 9.10. The van der Waals surface area contributed by atoms with Crippen LogP contribution in [-0.2, 0) is 4.79 Å². The molecule has 0 radical (unpaired) electrons. The third kappa shape index (κ3) is 6.62. The molecule has 0 aliphatic carbocycles. The van der Waals surface area contributed by atoms with E-state index in [-0.39, 0.29) is 23.6 Å². The number of carbonyl (C=O) groups excluding carboxylic acids is 2. The van der Waals surface area contributed by atoms with E-state index in [0.29, 0.717) is 17.1 Å². The monoisotopic (exact) mass is 527 g/mol. The average molecular weight is 528 g/mol. The highest BCUT2D eigenvalue weighted by Crippen LogP contribution is 2.30. The van der Waals surface area contributed by atoms with E-state index in [9.17, 15) is 19.7 Å². The number of benzene rings is 3. The molecule has 0 aromatic heterocycles. The predicted molar refractivity (Wildman–Crippen MR) is 126 cm³/mol. The number of nitro benzene ring substituents is 1. The fraction of sp³-hybridized carbons (Fsp3) is 0.0870. The van der Waals surface area contributed by atoms with Crippen LogP contribution < -0.4 is 19.6 Å². The van der Waals surface area contributed by atoms with Gasteiger partial charge in [-0.3, -0.25) is 14.9 Å². The maximum Gasteiger partial charge on any atom is 0.343 e. The van der Waals surface area contributed by atoms with Gasteiger partial charge in [0.05, 0.1) is 23.8 Å². The highest BCUT2D eigenvalue weighted by atomic mass is 79.9. The number of hydrogen-bond acceptors (Lipinski definition) is 8. The molecule has 34 heavy (non-hydrogen) atoms. The van der Waals surface area contributed by atoms with Gasteiger partial charge in [-0.05, 0) is 42.5 Å². The smallest absolute Gasteiger partial charge is 0.343 e. The Hall–Kier alpha value is -4.25. The van der Waals surface area contributed by atoms with Gasteiger partial charge in [0.15, 0.2) is 18.1 Å². The first-order chi connectivity index (χ1) is 16.4. The van der Waals surface area contributed by atoms with E-state index in [2.05, 4.69) is 26.5 Å². The zero-order valence-corrected chi connectivity index (χ0v) is 19.4. The molecule has 0 atom stereocenters. The molecule has 3 rings (SSSR count). The Balaban J connectivity index is 1.59. The number of esters is 1. The Bertz CT molecular complexity index is 1230. The summed E-state index contributed by atoms with van der Waals surface area (Å²) < 4.78 is 16.8. The minimum atomic E-state index is -0.698. The predicted octanol–water partition coefficient (Wildman–Crippen LogP) is 4.11. The van der Waals surface area contributed by atoms with E-state index in [0.717, 1.165) is 4.47 Å². The topological polar surface area (TPSA) is 129 Å². The van der Waals surface area contributed by atoms with E-state index >= 15 is 0 Å². The number of hydrogen-bond donors (Lipinski definition) is 1. The summed E-state index contributed by atoms with van der Waals surface area (Å²) in [5.41, 5.74) is 2.76. The summed E-state index contributed by atoms with van der Waals surface area (Å²) in [5, 5.41) is 14.6. The molecule has 0 spiro atoms. The number of halogens is 1. The number of amides is 1. The molecule has 0 aliphatic heterocycles. The molecule has 0 saturated carbocycles. The van der Waals surface area contributed by atoms with Crippen molar-refractivity contribution in [1.29, 1.82) is 0 Å². The number of hydrazone groups is 1. The number of nitrogens with one attached hydrogen (secondary N) is 1. The standard InChI is InChI=1S/C23H18BrN3O7/c1-32-21-12-17(24)8-11-20(21)33-14-22(28)26-25-13-16-4-2-3-5-19(16)34-23(29)15-6-9-18(10-7-15)27(30)31/h2-13H,14H2,1H3,(H,26,28)/b25-13-. The van der Waals surface area contributed by atoms with Gasteiger partial charge < -0.3 is 14.2 Å². The third-order valence-corrected chi connectivity index (χ3v) is 4.81. The van der Waals surface area contributed by atoms with Crippen molar-refractivity contribution in [3.05, 3.63) is 92.4 Å². The second-order valence-electron chi connectivity index (χ2n) is 6.61. The summed E-state index contributed by atoms with van der Waals surface area (Å²) in [7, 11) is 1.49. The lowest BCUT2D eigenvalue weighted by atomic mass is 10.2. The number of para-hydroxylation sites is 1. The summed E-state index contributed by atoms with van der Waals surface area (Å²) in [6.45, 7) is -0.299. The molecule has 0 aliphatic rings. The first kappa shape index (κ1) is 24.4. The van der Waals surface area contributed by atoms with Crippen LogP contribution >= 0.6 is 15.9 Å². The Morgan fingerprint density at radius 3 is 2.50 bits per heavy atom. The van der Waals surface area contributed by atoms with Gasteiger partial charge in [0.1, 0.15) is 5.75 Å². The molecule has 3 aromatic rings. The molecular weight excluding hydrogens is 510 g/mol. The number of non-ortho nitro benzene ring substituents is 1. The van der Waals surface area contributed by atoms with Crippen LogP contribution in [0.2, 0.25) is 0 Å². The number of ether oxygens (including phenoxy) is 3. The van der Waals surface area contributed by atoms with E-state index < -0.39 is 16.8 Å². The largest absolute Gasteiger partial charge is 0.493 e. The quantitative estimate of drug-likeness (QED) is 0.145.